The van der Waals surface area contributed by atoms with Crippen LogP contribution in [0.3, 0.4) is 0 Å². The summed E-state index contributed by atoms with van der Waals surface area (Å²) in [5, 5.41) is 8.16. The molecule has 1 amide bonds. The topological polar surface area (TPSA) is 80.4 Å². The van der Waals surface area contributed by atoms with Crippen molar-refractivity contribution < 1.29 is 14.7 Å². The predicted molar refractivity (Wildman–Crippen MR) is 31.0 cm³/mol. The molecule has 0 saturated carbocycles. The SMILES string of the molecule is NC(=O)C(CCl)C(=O)O. The number of carbonyl (C=O) groups is 2. The van der Waals surface area contributed by atoms with E-state index in [4.69, 9.17) is 16.7 Å². The van der Waals surface area contributed by atoms with Crippen LogP contribution in [-0.2, 0) is 9.59 Å². The molecule has 9 heavy (non-hydrogen) atoms. The van der Waals surface area contributed by atoms with Gasteiger partial charge in [-0.1, -0.05) is 0 Å². The maximum Gasteiger partial charge on any atom is 0.317 e. The number of carboxylic acid groups (broad SMARTS) is 1. The quantitative estimate of drug-likeness (QED) is 0.418. The summed E-state index contributed by atoms with van der Waals surface area (Å²) in [6, 6.07) is 0. The van der Waals surface area contributed by atoms with E-state index < -0.39 is 17.8 Å². The smallest absolute Gasteiger partial charge is 0.317 e. The normalized spacial score (nSPS) is 12.6. The zero-order valence-electron chi connectivity index (χ0n) is 4.50. The third-order valence-corrected chi connectivity index (χ3v) is 1.10. The Kier molecular flexibility index (Phi) is 3.01. The number of primary amides is 1. The van der Waals surface area contributed by atoms with Crippen LogP contribution in [0.2, 0.25) is 0 Å². The number of carboxylic acids is 1. The molecule has 3 N–H and O–H groups in total. The van der Waals surface area contributed by atoms with Gasteiger partial charge in [0.25, 0.3) is 0 Å². The Morgan fingerprint density at radius 1 is 1.67 bits per heavy atom. The van der Waals surface area contributed by atoms with Crippen molar-refractivity contribution in [3.63, 3.8) is 0 Å². The van der Waals surface area contributed by atoms with Gasteiger partial charge in [0.2, 0.25) is 5.91 Å². The van der Waals surface area contributed by atoms with Gasteiger partial charge in [-0.25, -0.2) is 0 Å². The highest BCUT2D eigenvalue weighted by molar-refractivity contribution is 6.21. The molecule has 0 aliphatic heterocycles. The summed E-state index contributed by atoms with van der Waals surface area (Å²) in [7, 11) is 0. The van der Waals surface area contributed by atoms with Gasteiger partial charge >= 0.3 is 5.97 Å². The van der Waals surface area contributed by atoms with Gasteiger partial charge in [0.05, 0.1) is 0 Å². The minimum absolute atomic E-state index is 0.273. The molecule has 0 aromatic carbocycles. The molecule has 1 atom stereocenters. The Morgan fingerprint density at radius 2 is 2.11 bits per heavy atom. The molecule has 0 heterocycles. The summed E-state index contributed by atoms with van der Waals surface area (Å²) >= 11 is 5.08. The van der Waals surface area contributed by atoms with Crippen LogP contribution >= 0.6 is 11.6 Å². The van der Waals surface area contributed by atoms with Gasteiger partial charge in [0, 0.05) is 5.88 Å². The number of aliphatic carboxylic acids is 1. The Labute approximate surface area is 56.6 Å². The van der Waals surface area contributed by atoms with Crippen LogP contribution in [0.15, 0.2) is 0 Å². The zero-order valence-corrected chi connectivity index (χ0v) is 5.26. The molecule has 0 saturated heterocycles. The maximum absolute atomic E-state index is 10.1. The highest BCUT2D eigenvalue weighted by Gasteiger charge is 2.21. The predicted octanol–water partition coefficient (Wildman–Crippen LogP) is -0.589. The molecule has 1 unspecified atom stereocenters. The number of carbonyl (C=O) groups excluding carboxylic acids is 1. The van der Waals surface area contributed by atoms with Gasteiger partial charge < -0.3 is 10.8 Å². The highest BCUT2D eigenvalue weighted by Crippen LogP contribution is 1.97. The fourth-order valence-electron chi connectivity index (χ4n) is 0.264. The first-order chi connectivity index (χ1) is 4.09. The van der Waals surface area contributed by atoms with Crippen molar-refractivity contribution in [3.8, 4) is 0 Å². The van der Waals surface area contributed by atoms with E-state index in [0.717, 1.165) is 0 Å². The first-order valence-electron chi connectivity index (χ1n) is 2.17. The molecule has 0 fully saturated rings. The summed E-state index contributed by atoms with van der Waals surface area (Å²) in [5.74, 6) is -3.72. The van der Waals surface area contributed by atoms with Crippen LogP contribution < -0.4 is 5.73 Å². The fraction of sp³-hybridized carbons (Fsp3) is 0.500. The zero-order chi connectivity index (χ0) is 7.44. The molecule has 5 heteroatoms. The largest absolute Gasteiger partial charge is 0.481 e. The Morgan fingerprint density at radius 3 is 2.11 bits per heavy atom. The number of hydrogen-bond donors (Lipinski definition) is 2. The minimum Gasteiger partial charge on any atom is -0.481 e. The van der Waals surface area contributed by atoms with E-state index in [1.54, 1.807) is 0 Å². The van der Waals surface area contributed by atoms with Gasteiger partial charge in [0.15, 0.2) is 0 Å². The number of alkyl halides is 1. The number of nitrogens with two attached hydrogens (primary N) is 1. The first kappa shape index (κ1) is 8.23. The van der Waals surface area contributed by atoms with Crippen LogP contribution in [-0.4, -0.2) is 22.9 Å². The highest BCUT2D eigenvalue weighted by atomic mass is 35.5. The summed E-state index contributed by atoms with van der Waals surface area (Å²) in [6.07, 6.45) is 0. The molecule has 0 aliphatic carbocycles. The Hall–Kier alpha value is -0.770. The summed E-state index contributed by atoms with van der Waals surface area (Å²) in [6.45, 7) is 0. The molecule has 0 aromatic heterocycles. The Balaban J connectivity index is 3.99. The number of rotatable bonds is 3. The van der Waals surface area contributed by atoms with E-state index in [1.165, 1.54) is 0 Å². The average Bonchev–Trinajstić information content (AvgIpc) is 1.64. The van der Waals surface area contributed by atoms with Crippen molar-refractivity contribution in [2.45, 2.75) is 0 Å². The van der Waals surface area contributed by atoms with Gasteiger partial charge in [-0.2, -0.15) is 0 Å². The van der Waals surface area contributed by atoms with Gasteiger partial charge in [-0.3, -0.25) is 9.59 Å². The van der Waals surface area contributed by atoms with E-state index in [1.807, 2.05) is 0 Å². The fourth-order valence-corrected chi connectivity index (χ4v) is 0.548. The van der Waals surface area contributed by atoms with Crippen LogP contribution in [0.25, 0.3) is 0 Å². The molecular weight excluding hydrogens is 146 g/mol. The molecule has 4 nitrogen and oxygen atoms in total. The third kappa shape index (κ3) is 2.32. The maximum atomic E-state index is 10.1. The van der Waals surface area contributed by atoms with Crippen molar-refractivity contribution in [3.05, 3.63) is 0 Å². The lowest BCUT2D eigenvalue weighted by atomic mass is 10.2. The first-order valence-corrected chi connectivity index (χ1v) is 2.71. The molecule has 52 valence electrons. The minimum atomic E-state index is -1.28. The van der Waals surface area contributed by atoms with E-state index >= 15 is 0 Å². The standard InChI is InChI=1S/C4H6ClNO3/c5-1-2(3(6)7)4(8)9/h2H,1H2,(H2,6,7)(H,8,9). The summed E-state index contributed by atoms with van der Waals surface area (Å²) in [4.78, 5) is 20.1. The van der Waals surface area contributed by atoms with E-state index in [9.17, 15) is 9.59 Å². The van der Waals surface area contributed by atoms with Crippen molar-refractivity contribution in [1.29, 1.82) is 0 Å². The molecule has 0 rings (SSSR count). The molecule has 0 aromatic rings. The number of hydrogen-bond acceptors (Lipinski definition) is 2. The van der Waals surface area contributed by atoms with E-state index in [0.29, 0.717) is 0 Å². The van der Waals surface area contributed by atoms with Crippen molar-refractivity contribution >= 4 is 23.5 Å². The monoisotopic (exact) mass is 151 g/mol. The molecule has 0 spiro atoms. The lowest BCUT2D eigenvalue weighted by molar-refractivity contribution is -0.144. The second-order valence-corrected chi connectivity index (χ2v) is 1.76. The van der Waals surface area contributed by atoms with E-state index in [2.05, 4.69) is 5.73 Å². The van der Waals surface area contributed by atoms with Crippen LogP contribution in [0.1, 0.15) is 0 Å². The lowest BCUT2D eigenvalue weighted by Crippen LogP contribution is -2.31. The van der Waals surface area contributed by atoms with Gasteiger partial charge in [-0.15, -0.1) is 11.6 Å². The Bertz CT molecular complexity index is 122. The molecule has 0 aliphatic rings. The number of amides is 1. The van der Waals surface area contributed by atoms with Gasteiger partial charge in [-0.05, 0) is 0 Å². The molecular formula is C4H6ClNO3. The lowest BCUT2D eigenvalue weighted by Gasteiger charge is -2.00. The van der Waals surface area contributed by atoms with Crippen LogP contribution in [0.4, 0.5) is 0 Å². The third-order valence-electron chi connectivity index (χ3n) is 0.796. The van der Waals surface area contributed by atoms with Gasteiger partial charge in [0.1, 0.15) is 5.92 Å². The molecule has 0 radical (unpaired) electrons. The van der Waals surface area contributed by atoms with Crippen LogP contribution in [0, 0.1) is 5.92 Å². The second kappa shape index (κ2) is 3.29. The van der Waals surface area contributed by atoms with Crippen molar-refractivity contribution in [1.82, 2.24) is 0 Å². The number of halogens is 1. The van der Waals surface area contributed by atoms with Crippen molar-refractivity contribution in [2.75, 3.05) is 5.88 Å². The van der Waals surface area contributed by atoms with Crippen LogP contribution in [0.5, 0.6) is 0 Å². The summed E-state index contributed by atoms with van der Waals surface area (Å²) in [5.41, 5.74) is 4.64. The molecule has 0 bridgehead atoms. The summed E-state index contributed by atoms with van der Waals surface area (Å²) < 4.78 is 0. The second-order valence-electron chi connectivity index (χ2n) is 1.45. The van der Waals surface area contributed by atoms with E-state index in [-0.39, 0.29) is 5.88 Å². The van der Waals surface area contributed by atoms with Crippen molar-refractivity contribution in [2.24, 2.45) is 11.7 Å². The average molecular weight is 152 g/mol.